The minimum Gasteiger partial charge on any atom is -0.493 e. The standard InChI is InChI=1S/C20H32N2O3/c1-6-25-20-18(23-4)11-16(12-19(20)24-5)13-21-17-7-9-22(10-8-17)14-15(2)3/h11-12,17,21H,2,6-10,13-14H2,1,3-5H3. The summed E-state index contributed by atoms with van der Waals surface area (Å²) in [5.41, 5.74) is 2.38. The van der Waals surface area contributed by atoms with Crippen LogP contribution in [0.15, 0.2) is 24.3 Å². The van der Waals surface area contributed by atoms with Crippen molar-refractivity contribution in [1.82, 2.24) is 10.2 Å². The Hall–Kier alpha value is -1.72. The van der Waals surface area contributed by atoms with Gasteiger partial charge >= 0.3 is 0 Å². The number of likely N-dealkylation sites (tertiary alicyclic amines) is 1. The molecule has 5 nitrogen and oxygen atoms in total. The molecule has 0 saturated carbocycles. The van der Waals surface area contributed by atoms with Gasteiger partial charge in [0.2, 0.25) is 5.75 Å². The van der Waals surface area contributed by atoms with E-state index in [9.17, 15) is 0 Å². The Morgan fingerprint density at radius 2 is 1.80 bits per heavy atom. The van der Waals surface area contributed by atoms with E-state index in [0.29, 0.717) is 29.9 Å². The van der Waals surface area contributed by atoms with E-state index >= 15 is 0 Å². The SMILES string of the molecule is C=C(C)CN1CCC(NCc2cc(OC)c(OCC)c(OC)c2)CC1. The van der Waals surface area contributed by atoms with Gasteiger partial charge in [0.1, 0.15) is 0 Å². The Labute approximate surface area is 151 Å². The van der Waals surface area contributed by atoms with E-state index in [4.69, 9.17) is 14.2 Å². The first kappa shape index (κ1) is 19.6. The molecule has 1 heterocycles. The fraction of sp³-hybridized carbons (Fsp3) is 0.600. The third-order valence-corrected chi connectivity index (χ3v) is 4.49. The highest BCUT2D eigenvalue weighted by Gasteiger charge is 2.19. The van der Waals surface area contributed by atoms with Crippen molar-refractivity contribution in [2.45, 2.75) is 39.3 Å². The Morgan fingerprint density at radius 3 is 2.28 bits per heavy atom. The zero-order valence-electron chi connectivity index (χ0n) is 16.1. The Kier molecular flexibility index (Phi) is 7.59. The average Bonchev–Trinajstić information content (AvgIpc) is 2.61. The number of nitrogens with one attached hydrogen (secondary N) is 1. The molecular formula is C20H32N2O3. The summed E-state index contributed by atoms with van der Waals surface area (Å²) in [6, 6.07) is 4.60. The van der Waals surface area contributed by atoms with Crippen LogP contribution in [0.1, 0.15) is 32.3 Å². The fourth-order valence-electron chi connectivity index (χ4n) is 3.26. The second-order valence-electron chi connectivity index (χ2n) is 6.65. The van der Waals surface area contributed by atoms with Crippen molar-refractivity contribution in [2.75, 3.05) is 40.5 Å². The number of hydrogen-bond donors (Lipinski definition) is 1. The molecule has 1 saturated heterocycles. The van der Waals surface area contributed by atoms with Crippen LogP contribution in [0.2, 0.25) is 0 Å². The molecular weight excluding hydrogens is 316 g/mol. The van der Waals surface area contributed by atoms with Gasteiger partial charge in [-0.25, -0.2) is 0 Å². The molecule has 0 spiro atoms. The van der Waals surface area contributed by atoms with Gasteiger partial charge in [-0.1, -0.05) is 12.2 Å². The Morgan fingerprint density at radius 1 is 1.20 bits per heavy atom. The molecule has 1 N–H and O–H groups in total. The van der Waals surface area contributed by atoms with Crippen molar-refractivity contribution >= 4 is 0 Å². The average molecular weight is 348 g/mol. The maximum Gasteiger partial charge on any atom is 0.203 e. The van der Waals surface area contributed by atoms with Crippen LogP contribution >= 0.6 is 0 Å². The van der Waals surface area contributed by atoms with Crippen LogP contribution in [-0.2, 0) is 6.54 Å². The summed E-state index contributed by atoms with van der Waals surface area (Å²) in [6.07, 6.45) is 2.33. The molecule has 5 heteroatoms. The van der Waals surface area contributed by atoms with Crippen LogP contribution in [0.4, 0.5) is 0 Å². The van der Waals surface area contributed by atoms with Gasteiger partial charge in [-0.2, -0.15) is 0 Å². The molecule has 0 aromatic heterocycles. The molecule has 0 radical (unpaired) electrons. The first-order valence-corrected chi connectivity index (χ1v) is 9.05. The first-order valence-electron chi connectivity index (χ1n) is 9.05. The maximum absolute atomic E-state index is 5.66. The van der Waals surface area contributed by atoms with Crippen LogP contribution < -0.4 is 19.5 Å². The second kappa shape index (κ2) is 9.68. The largest absolute Gasteiger partial charge is 0.493 e. The molecule has 1 aromatic rings. The van der Waals surface area contributed by atoms with Gasteiger partial charge < -0.3 is 19.5 Å². The summed E-state index contributed by atoms with van der Waals surface area (Å²) in [7, 11) is 3.32. The number of hydrogen-bond acceptors (Lipinski definition) is 5. The van der Waals surface area contributed by atoms with Crippen molar-refractivity contribution in [2.24, 2.45) is 0 Å². The fourth-order valence-corrected chi connectivity index (χ4v) is 3.26. The van der Waals surface area contributed by atoms with E-state index in [2.05, 4.69) is 23.7 Å². The van der Waals surface area contributed by atoms with Crippen LogP contribution in [0.3, 0.4) is 0 Å². The lowest BCUT2D eigenvalue weighted by atomic mass is 10.0. The monoisotopic (exact) mass is 348 g/mol. The van der Waals surface area contributed by atoms with Crippen molar-refractivity contribution < 1.29 is 14.2 Å². The van der Waals surface area contributed by atoms with Gasteiger partial charge in [-0.15, -0.1) is 0 Å². The zero-order chi connectivity index (χ0) is 18.2. The summed E-state index contributed by atoms with van der Waals surface area (Å²) in [5, 5.41) is 3.66. The Balaban J connectivity index is 1.94. The highest BCUT2D eigenvalue weighted by Crippen LogP contribution is 2.38. The van der Waals surface area contributed by atoms with E-state index in [1.165, 1.54) is 18.4 Å². The summed E-state index contributed by atoms with van der Waals surface area (Å²) >= 11 is 0. The summed E-state index contributed by atoms with van der Waals surface area (Å²) in [4.78, 5) is 2.48. The smallest absolute Gasteiger partial charge is 0.203 e. The van der Waals surface area contributed by atoms with Gasteiger partial charge in [0.05, 0.1) is 20.8 Å². The molecule has 140 valence electrons. The minimum absolute atomic E-state index is 0.546. The second-order valence-corrected chi connectivity index (χ2v) is 6.65. The van der Waals surface area contributed by atoms with Crippen molar-refractivity contribution in [1.29, 1.82) is 0 Å². The number of benzene rings is 1. The summed E-state index contributed by atoms with van der Waals surface area (Å²) in [5.74, 6) is 2.10. The van der Waals surface area contributed by atoms with E-state index < -0.39 is 0 Å². The molecule has 0 unspecified atom stereocenters. The normalized spacial score (nSPS) is 15.8. The van der Waals surface area contributed by atoms with Gasteiger partial charge in [0.15, 0.2) is 11.5 Å². The molecule has 0 aliphatic carbocycles. The van der Waals surface area contributed by atoms with E-state index in [1.807, 2.05) is 19.1 Å². The third-order valence-electron chi connectivity index (χ3n) is 4.49. The molecule has 2 rings (SSSR count). The molecule has 0 bridgehead atoms. The maximum atomic E-state index is 5.66. The van der Waals surface area contributed by atoms with Gasteiger partial charge in [-0.05, 0) is 57.5 Å². The first-order chi connectivity index (χ1) is 12.1. The van der Waals surface area contributed by atoms with Crippen molar-refractivity contribution in [3.63, 3.8) is 0 Å². The van der Waals surface area contributed by atoms with Crippen LogP contribution in [-0.4, -0.2) is 51.4 Å². The molecule has 25 heavy (non-hydrogen) atoms. The molecule has 1 fully saturated rings. The van der Waals surface area contributed by atoms with E-state index in [0.717, 1.165) is 31.7 Å². The molecule has 1 aliphatic heterocycles. The quantitative estimate of drug-likeness (QED) is 0.694. The zero-order valence-corrected chi connectivity index (χ0v) is 16.1. The highest BCUT2D eigenvalue weighted by molar-refractivity contribution is 5.53. The summed E-state index contributed by atoms with van der Waals surface area (Å²) < 4.78 is 16.6. The lowest BCUT2D eigenvalue weighted by Crippen LogP contribution is -2.42. The van der Waals surface area contributed by atoms with Crippen molar-refractivity contribution in [3.05, 3.63) is 29.8 Å². The van der Waals surface area contributed by atoms with Crippen LogP contribution in [0, 0.1) is 0 Å². The van der Waals surface area contributed by atoms with Crippen LogP contribution in [0.25, 0.3) is 0 Å². The predicted molar refractivity (Wildman–Crippen MR) is 102 cm³/mol. The third kappa shape index (κ3) is 5.65. The molecule has 0 atom stereocenters. The molecule has 1 aliphatic rings. The number of ether oxygens (including phenoxy) is 3. The lowest BCUT2D eigenvalue weighted by Gasteiger charge is -2.32. The van der Waals surface area contributed by atoms with Gasteiger partial charge in [-0.3, -0.25) is 4.90 Å². The minimum atomic E-state index is 0.546. The number of nitrogens with zero attached hydrogens (tertiary/aromatic N) is 1. The van der Waals surface area contributed by atoms with Gasteiger partial charge in [0, 0.05) is 19.1 Å². The summed E-state index contributed by atoms with van der Waals surface area (Å²) in [6.45, 7) is 12.7. The molecule has 1 aromatic carbocycles. The predicted octanol–water partition coefficient (Wildman–Crippen LogP) is 3.23. The topological polar surface area (TPSA) is 43.0 Å². The van der Waals surface area contributed by atoms with E-state index in [1.54, 1.807) is 14.2 Å². The number of piperidine rings is 1. The number of rotatable bonds is 9. The van der Waals surface area contributed by atoms with E-state index in [-0.39, 0.29) is 0 Å². The van der Waals surface area contributed by atoms with Crippen LogP contribution in [0.5, 0.6) is 17.2 Å². The van der Waals surface area contributed by atoms with Crippen molar-refractivity contribution in [3.8, 4) is 17.2 Å². The highest BCUT2D eigenvalue weighted by atomic mass is 16.5. The molecule has 0 amide bonds. The van der Waals surface area contributed by atoms with Gasteiger partial charge in [0.25, 0.3) is 0 Å². The number of methoxy groups -OCH3 is 2. The Bertz CT molecular complexity index is 541. The lowest BCUT2D eigenvalue weighted by molar-refractivity contribution is 0.211.